The third-order valence-electron chi connectivity index (χ3n) is 2.74. The molecule has 0 atom stereocenters. The molecule has 1 aromatic carbocycles. The van der Waals surface area contributed by atoms with Gasteiger partial charge >= 0.3 is 5.97 Å². The number of esters is 1. The van der Waals surface area contributed by atoms with Crippen molar-refractivity contribution in [3.63, 3.8) is 0 Å². The minimum atomic E-state index is -0.421. The van der Waals surface area contributed by atoms with Crippen LogP contribution < -0.4 is 5.32 Å². The Morgan fingerprint density at radius 2 is 2.14 bits per heavy atom. The van der Waals surface area contributed by atoms with Crippen molar-refractivity contribution in [1.29, 1.82) is 0 Å². The van der Waals surface area contributed by atoms with Crippen LogP contribution in [0.5, 0.6) is 0 Å². The standard InChI is InChI=1S/C15H14ClNO3S/c1-10-4-5-11(16)7-13(10)17-14(18)9-20-15(19)8-12-3-2-6-21-12/h2-7H,8-9H2,1H3,(H,17,18). The second-order valence-corrected chi connectivity index (χ2v) is 5.89. The van der Waals surface area contributed by atoms with E-state index in [1.54, 1.807) is 18.2 Å². The molecule has 0 saturated heterocycles. The lowest BCUT2D eigenvalue weighted by molar-refractivity contribution is -0.146. The van der Waals surface area contributed by atoms with E-state index in [0.717, 1.165) is 10.4 Å². The van der Waals surface area contributed by atoms with Crippen molar-refractivity contribution < 1.29 is 14.3 Å². The largest absolute Gasteiger partial charge is 0.455 e. The molecule has 0 bridgehead atoms. The molecule has 1 heterocycles. The number of amides is 1. The van der Waals surface area contributed by atoms with Crippen LogP contribution in [0.4, 0.5) is 5.69 Å². The molecule has 4 nitrogen and oxygen atoms in total. The van der Waals surface area contributed by atoms with Gasteiger partial charge in [-0.25, -0.2) is 0 Å². The van der Waals surface area contributed by atoms with Crippen molar-refractivity contribution in [2.24, 2.45) is 0 Å². The first-order valence-corrected chi connectivity index (χ1v) is 7.54. The van der Waals surface area contributed by atoms with Gasteiger partial charge < -0.3 is 10.1 Å². The molecular weight excluding hydrogens is 310 g/mol. The molecule has 1 N–H and O–H groups in total. The van der Waals surface area contributed by atoms with Crippen molar-refractivity contribution in [3.05, 3.63) is 51.2 Å². The molecule has 0 saturated carbocycles. The monoisotopic (exact) mass is 323 g/mol. The van der Waals surface area contributed by atoms with E-state index in [9.17, 15) is 9.59 Å². The number of ether oxygens (including phenoxy) is 1. The summed E-state index contributed by atoms with van der Waals surface area (Å²) in [5.74, 6) is -0.810. The second kappa shape index (κ2) is 7.24. The number of aryl methyl sites for hydroxylation is 1. The highest BCUT2D eigenvalue weighted by atomic mass is 35.5. The summed E-state index contributed by atoms with van der Waals surface area (Å²) in [5, 5.41) is 5.09. The minimum absolute atomic E-state index is 0.182. The average Bonchev–Trinajstić information content (AvgIpc) is 2.93. The summed E-state index contributed by atoms with van der Waals surface area (Å²) in [5.41, 5.74) is 1.50. The summed E-state index contributed by atoms with van der Waals surface area (Å²) in [6.45, 7) is 1.55. The number of thiophene rings is 1. The summed E-state index contributed by atoms with van der Waals surface area (Å²) in [6.07, 6.45) is 0.182. The fourth-order valence-corrected chi connectivity index (χ4v) is 2.53. The lowest BCUT2D eigenvalue weighted by Gasteiger charge is -2.09. The quantitative estimate of drug-likeness (QED) is 0.858. The summed E-state index contributed by atoms with van der Waals surface area (Å²) < 4.78 is 4.94. The molecule has 0 aliphatic heterocycles. The van der Waals surface area contributed by atoms with Crippen LogP contribution >= 0.6 is 22.9 Å². The Balaban J connectivity index is 1.82. The minimum Gasteiger partial charge on any atom is -0.455 e. The molecule has 0 fully saturated rings. The molecule has 1 amide bonds. The van der Waals surface area contributed by atoms with E-state index in [-0.39, 0.29) is 18.9 Å². The van der Waals surface area contributed by atoms with Gasteiger partial charge in [0.05, 0.1) is 6.42 Å². The van der Waals surface area contributed by atoms with E-state index in [2.05, 4.69) is 5.32 Å². The van der Waals surface area contributed by atoms with Crippen LogP contribution in [0.3, 0.4) is 0 Å². The van der Waals surface area contributed by atoms with Gasteiger partial charge in [0.25, 0.3) is 5.91 Å². The maximum Gasteiger partial charge on any atom is 0.311 e. The number of benzene rings is 1. The number of halogens is 1. The van der Waals surface area contributed by atoms with Crippen molar-refractivity contribution in [2.75, 3.05) is 11.9 Å². The van der Waals surface area contributed by atoms with Crippen LogP contribution in [0.15, 0.2) is 35.7 Å². The van der Waals surface area contributed by atoms with Crippen LogP contribution in [-0.4, -0.2) is 18.5 Å². The predicted molar refractivity (Wildman–Crippen MR) is 83.8 cm³/mol. The number of rotatable bonds is 5. The normalized spacial score (nSPS) is 10.2. The highest BCUT2D eigenvalue weighted by molar-refractivity contribution is 7.10. The van der Waals surface area contributed by atoms with Crippen LogP contribution in [-0.2, 0) is 20.7 Å². The average molecular weight is 324 g/mol. The molecule has 0 radical (unpaired) electrons. The van der Waals surface area contributed by atoms with E-state index in [1.807, 2.05) is 24.4 Å². The SMILES string of the molecule is Cc1ccc(Cl)cc1NC(=O)COC(=O)Cc1cccs1. The Morgan fingerprint density at radius 1 is 1.33 bits per heavy atom. The highest BCUT2D eigenvalue weighted by Gasteiger charge is 2.10. The fraction of sp³-hybridized carbons (Fsp3) is 0.200. The molecule has 110 valence electrons. The molecule has 0 unspecified atom stereocenters. The zero-order valence-corrected chi connectivity index (χ0v) is 13.0. The van der Waals surface area contributed by atoms with Crippen LogP contribution in [0.2, 0.25) is 5.02 Å². The van der Waals surface area contributed by atoms with Gasteiger partial charge in [0.1, 0.15) is 0 Å². The van der Waals surface area contributed by atoms with Crippen molar-refractivity contribution in [1.82, 2.24) is 0 Å². The number of hydrogen-bond acceptors (Lipinski definition) is 4. The maximum absolute atomic E-state index is 11.8. The van der Waals surface area contributed by atoms with Gasteiger partial charge in [-0.1, -0.05) is 23.7 Å². The van der Waals surface area contributed by atoms with E-state index in [1.165, 1.54) is 11.3 Å². The Kier molecular flexibility index (Phi) is 5.36. The van der Waals surface area contributed by atoms with Crippen molar-refractivity contribution in [3.8, 4) is 0 Å². The molecule has 21 heavy (non-hydrogen) atoms. The summed E-state index contributed by atoms with van der Waals surface area (Å²) >= 11 is 7.35. The van der Waals surface area contributed by atoms with Gasteiger partial charge in [0.15, 0.2) is 6.61 Å². The Labute approximate surface area is 131 Å². The first-order valence-electron chi connectivity index (χ1n) is 6.28. The number of carbonyl (C=O) groups is 2. The predicted octanol–water partition coefficient (Wildman–Crippen LogP) is 3.43. The van der Waals surface area contributed by atoms with Crippen molar-refractivity contribution in [2.45, 2.75) is 13.3 Å². The molecular formula is C15H14ClNO3S. The van der Waals surface area contributed by atoms with Gasteiger partial charge in [0.2, 0.25) is 0 Å². The van der Waals surface area contributed by atoms with E-state index < -0.39 is 5.97 Å². The first-order chi connectivity index (χ1) is 10.0. The number of nitrogens with one attached hydrogen (secondary N) is 1. The summed E-state index contributed by atoms with van der Waals surface area (Å²) in [6, 6.07) is 8.92. The summed E-state index contributed by atoms with van der Waals surface area (Å²) in [7, 11) is 0. The highest BCUT2D eigenvalue weighted by Crippen LogP contribution is 2.20. The van der Waals surface area contributed by atoms with Crippen LogP contribution in [0.1, 0.15) is 10.4 Å². The molecule has 2 aromatic rings. The molecule has 6 heteroatoms. The first kappa shape index (κ1) is 15.5. The topological polar surface area (TPSA) is 55.4 Å². The van der Waals surface area contributed by atoms with Gasteiger partial charge in [-0.2, -0.15) is 0 Å². The Bertz CT molecular complexity index is 640. The maximum atomic E-state index is 11.8. The van der Waals surface area contributed by atoms with E-state index in [4.69, 9.17) is 16.3 Å². The van der Waals surface area contributed by atoms with Gasteiger partial charge in [-0.15, -0.1) is 11.3 Å². The van der Waals surface area contributed by atoms with Gasteiger partial charge in [-0.05, 0) is 36.1 Å². The van der Waals surface area contributed by atoms with E-state index >= 15 is 0 Å². The van der Waals surface area contributed by atoms with Crippen molar-refractivity contribution >= 4 is 40.5 Å². The molecule has 0 spiro atoms. The molecule has 1 aromatic heterocycles. The molecule has 2 rings (SSSR count). The lowest BCUT2D eigenvalue weighted by atomic mass is 10.2. The zero-order chi connectivity index (χ0) is 15.2. The number of carbonyl (C=O) groups excluding carboxylic acids is 2. The van der Waals surface area contributed by atoms with Crippen LogP contribution in [0.25, 0.3) is 0 Å². The molecule has 0 aliphatic carbocycles. The fourth-order valence-electron chi connectivity index (χ4n) is 1.67. The lowest BCUT2D eigenvalue weighted by Crippen LogP contribution is -2.21. The van der Waals surface area contributed by atoms with Gasteiger partial charge in [-0.3, -0.25) is 9.59 Å². The number of anilines is 1. The van der Waals surface area contributed by atoms with E-state index in [0.29, 0.717) is 10.7 Å². The summed E-state index contributed by atoms with van der Waals surface area (Å²) in [4.78, 5) is 24.2. The third kappa shape index (κ3) is 4.88. The van der Waals surface area contributed by atoms with Gasteiger partial charge in [0, 0.05) is 15.6 Å². The third-order valence-corrected chi connectivity index (χ3v) is 3.85. The van der Waals surface area contributed by atoms with Crippen LogP contribution in [0, 0.1) is 6.92 Å². The Hall–Kier alpha value is -1.85. The smallest absolute Gasteiger partial charge is 0.311 e. The molecule has 0 aliphatic rings. The Morgan fingerprint density at radius 3 is 2.86 bits per heavy atom. The zero-order valence-electron chi connectivity index (χ0n) is 11.4. The number of hydrogen-bond donors (Lipinski definition) is 1. The second-order valence-electron chi connectivity index (χ2n) is 4.42.